The van der Waals surface area contributed by atoms with Crippen molar-refractivity contribution in [3.05, 3.63) is 24.3 Å². The number of anilines is 1. The number of benzene rings is 1. The van der Waals surface area contributed by atoms with Crippen LogP contribution < -0.4 is 9.64 Å². The van der Waals surface area contributed by atoms with E-state index in [0.29, 0.717) is 5.92 Å². The van der Waals surface area contributed by atoms with E-state index >= 15 is 0 Å². The Hall–Kier alpha value is -1.22. The molecule has 1 aliphatic rings. The fraction of sp³-hybridized carbons (Fsp3) is 0.667. The van der Waals surface area contributed by atoms with Crippen molar-refractivity contribution in [2.45, 2.75) is 45.1 Å². The lowest BCUT2D eigenvalue weighted by molar-refractivity contribution is 0.0499. The molecule has 1 saturated carbocycles. The predicted octanol–water partition coefficient (Wildman–Crippen LogP) is 3.71. The Labute approximate surface area is 128 Å². The van der Waals surface area contributed by atoms with Gasteiger partial charge in [0.1, 0.15) is 5.75 Å². The van der Waals surface area contributed by atoms with Crippen molar-refractivity contribution >= 4 is 5.69 Å². The topological polar surface area (TPSA) is 32.7 Å². The van der Waals surface area contributed by atoms with E-state index in [0.717, 1.165) is 36.7 Å². The van der Waals surface area contributed by atoms with Gasteiger partial charge in [-0.2, -0.15) is 0 Å². The normalized spacial score (nSPS) is 25.6. The summed E-state index contributed by atoms with van der Waals surface area (Å²) in [4.78, 5) is 2.24. The van der Waals surface area contributed by atoms with E-state index in [1.807, 2.05) is 12.1 Å². The van der Waals surface area contributed by atoms with Crippen LogP contribution in [0, 0.1) is 11.8 Å². The minimum Gasteiger partial charge on any atom is -0.497 e. The molecule has 1 fully saturated rings. The summed E-state index contributed by atoms with van der Waals surface area (Å²) < 4.78 is 5.29. The summed E-state index contributed by atoms with van der Waals surface area (Å²) in [7, 11) is 3.80. The summed E-state index contributed by atoms with van der Waals surface area (Å²) in [6, 6.07) is 8.13. The van der Waals surface area contributed by atoms with Crippen molar-refractivity contribution in [3.63, 3.8) is 0 Å². The Balaban J connectivity index is 1.97. The van der Waals surface area contributed by atoms with Gasteiger partial charge in [-0.1, -0.05) is 25.8 Å². The Bertz CT molecular complexity index is 435. The van der Waals surface area contributed by atoms with Crippen molar-refractivity contribution in [1.82, 2.24) is 0 Å². The molecule has 0 radical (unpaired) electrons. The first-order valence-electron chi connectivity index (χ1n) is 8.17. The standard InChI is InChI=1S/C18H29NO2/c1-4-6-14-9-10-18(20)15(11-14)13-19(2)16-7-5-8-17(12-16)21-3/h5,7-8,12,14-15,18,20H,4,6,9-11,13H2,1-3H3. The van der Waals surface area contributed by atoms with Crippen LogP contribution in [0.3, 0.4) is 0 Å². The molecule has 0 aromatic heterocycles. The first-order valence-corrected chi connectivity index (χ1v) is 8.17. The average Bonchev–Trinajstić information content (AvgIpc) is 2.51. The zero-order chi connectivity index (χ0) is 15.2. The second kappa shape index (κ2) is 7.69. The second-order valence-corrected chi connectivity index (χ2v) is 6.38. The number of aliphatic hydroxyl groups excluding tert-OH is 1. The molecule has 0 amide bonds. The molecule has 0 spiro atoms. The van der Waals surface area contributed by atoms with Gasteiger partial charge in [0.15, 0.2) is 0 Å². The average molecular weight is 291 g/mol. The van der Waals surface area contributed by atoms with Crippen molar-refractivity contribution in [2.24, 2.45) is 11.8 Å². The molecule has 118 valence electrons. The molecule has 3 nitrogen and oxygen atoms in total. The highest BCUT2D eigenvalue weighted by atomic mass is 16.5. The minimum absolute atomic E-state index is 0.147. The van der Waals surface area contributed by atoms with Gasteiger partial charge in [0, 0.05) is 31.3 Å². The van der Waals surface area contributed by atoms with Gasteiger partial charge >= 0.3 is 0 Å². The summed E-state index contributed by atoms with van der Waals surface area (Å²) in [5.41, 5.74) is 1.15. The molecule has 1 N–H and O–H groups in total. The van der Waals surface area contributed by atoms with Crippen LogP contribution >= 0.6 is 0 Å². The van der Waals surface area contributed by atoms with Crippen molar-refractivity contribution < 1.29 is 9.84 Å². The van der Waals surface area contributed by atoms with Gasteiger partial charge in [0.25, 0.3) is 0 Å². The van der Waals surface area contributed by atoms with Crippen LogP contribution in [-0.2, 0) is 0 Å². The van der Waals surface area contributed by atoms with Gasteiger partial charge in [-0.25, -0.2) is 0 Å². The molecule has 1 aliphatic carbocycles. The first kappa shape index (κ1) is 16.2. The van der Waals surface area contributed by atoms with Gasteiger partial charge in [-0.15, -0.1) is 0 Å². The second-order valence-electron chi connectivity index (χ2n) is 6.38. The number of aliphatic hydroxyl groups is 1. The van der Waals surface area contributed by atoms with Crippen LogP contribution in [0.4, 0.5) is 5.69 Å². The Morgan fingerprint density at radius 2 is 2.14 bits per heavy atom. The van der Waals surface area contributed by atoms with E-state index in [2.05, 4.69) is 31.0 Å². The number of methoxy groups -OCH3 is 1. The van der Waals surface area contributed by atoms with E-state index in [1.165, 1.54) is 19.3 Å². The monoisotopic (exact) mass is 291 g/mol. The number of hydrogen-bond acceptors (Lipinski definition) is 3. The molecule has 3 unspecified atom stereocenters. The lowest BCUT2D eigenvalue weighted by atomic mass is 9.77. The fourth-order valence-corrected chi connectivity index (χ4v) is 3.52. The third kappa shape index (κ3) is 4.37. The van der Waals surface area contributed by atoms with Gasteiger partial charge in [0.05, 0.1) is 13.2 Å². The molecule has 0 saturated heterocycles. The zero-order valence-corrected chi connectivity index (χ0v) is 13.6. The molecular formula is C18H29NO2. The fourth-order valence-electron chi connectivity index (χ4n) is 3.52. The molecule has 2 rings (SSSR count). The van der Waals surface area contributed by atoms with Gasteiger partial charge < -0.3 is 14.7 Å². The van der Waals surface area contributed by atoms with Crippen molar-refractivity contribution in [2.75, 3.05) is 25.6 Å². The molecule has 0 aliphatic heterocycles. The van der Waals surface area contributed by atoms with E-state index in [4.69, 9.17) is 4.74 Å². The predicted molar refractivity (Wildman–Crippen MR) is 88.0 cm³/mol. The molecule has 3 atom stereocenters. The zero-order valence-electron chi connectivity index (χ0n) is 13.6. The molecular weight excluding hydrogens is 262 g/mol. The number of rotatable bonds is 6. The van der Waals surface area contributed by atoms with E-state index in [-0.39, 0.29) is 6.10 Å². The smallest absolute Gasteiger partial charge is 0.120 e. The highest BCUT2D eigenvalue weighted by molar-refractivity contribution is 5.50. The van der Waals surface area contributed by atoms with E-state index < -0.39 is 0 Å². The number of ether oxygens (including phenoxy) is 1. The van der Waals surface area contributed by atoms with Gasteiger partial charge in [0.2, 0.25) is 0 Å². The summed E-state index contributed by atoms with van der Waals surface area (Å²) in [5.74, 6) is 2.06. The Kier molecular flexibility index (Phi) is 5.92. The van der Waals surface area contributed by atoms with Crippen molar-refractivity contribution in [1.29, 1.82) is 0 Å². The van der Waals surface area contributed by atoms with E-state index in [9.17, 15) is 5.11 Å². The highest BCUT2D eigenvalue weighted by Gasteiger charge is 2.29. The highest BCUT2D eigenvalue weighted by Crippen LogP contribution is 2.33. The maximum Gasteiger partial charge on any atom is 0.120 e. The minimum atomic E-state index is -0.147. The first-order chi connectivity index (χ1) is 10.1. The number of hydrogen-bond donors (Lipinski definition) is 1. The van der Waals surface area contributed by atoms with Crippen LogP contribution in [0.2, 0.25) is 0 Å². The maximum atomic E-state index is 10.3. The molecule has 21 heavy (non-hydrogen) atoms. The SMILES string of the molecule is CCCC1CCC(O)C(CN(C)c2cccc(OC)c2)C1. The lowest BCUT2D eigenvalue weighted by Gasteiger charge is -2.36. The van der Waals surface area contributed by atoms with Crippen LogP contribution in [0.1, 0.15) is 39.0 Å². The third-order valence-electron chi connectivity index (χ3n) is 4.75. The van der Waals surface area contributed by atoms with Gasteiger partial charge in [-0.05, 0) is 37.3 Å². The van der Waals surface area contributed by atoms with Crippen LogP contribution in [-0.4, -0.2) is 31.9 Å². The molecule has 3 heteroatoms. The molecule has 0 heterocycles. The largest absolute Gasteiger partial charge is 0.497 e. The van der Waals surface area contributed by atoms with Crippen LogP contribution in [0.5, 0.6) is 5.75 Å². The Morgan fingerprint density at radius 3 is 2.86 bits per heavy atom. The third-order valence-corrected chi connectivity index (χ3v) is 4.75. The molecule has 1 aromatic carbocycles. The van der Waals surface area contributed by atoms with Crippen LogP contribution in [0.15, 0.2) is 24.3 Å². The Morgan fingerprint density at radius 1 is 1.33 bits per heavy atom. The summed E-state index contributed by atoms with van der Waals surface area (Å²) in [6.07, 6.45) is 5.70. The number of nitrogens with zero attached hydrogens (tertiary/aromatic N) is 1. The summed E-state index contributed by atoms with van der Waals surface area (Å²) >= 11 is 0. The van der Waals surface area contributed by atoms with Gasteiger partial charge in [-0.3, -0.25) is 0 Å². The molecule has 0 bridgehead atoms. The van der Waals surface area contributed by atoms with E-state index in [1.54, 1.807) is 7.11 Å². The maximum absolute atomic E-state index is 10.3. The lowest BCUT2D eigenvalue weighted by Crippen LogP contribution is -2.37. The van der Waals surface area contributed by atoms with Crippen LogP contribution in [0.25, 0.3) is 0 Å². The summed E-state index contributed by atoms with van der Waals surface area (Å²) in [5, 5.41) is 10.3. The summed E-state index contributed by atoms with van der Waals surface area (Å²) in [6.45, 7) is 3.16. The quantitative estimate of drug-likeness (QED) is 0.867. The van der Waals surface area contributed by atoms with Crippen molar-refractivity contribution in [3.8, 4) is 5.75 Å². The molecule has 1 aromatic rings.